The molecule has 0 unspecified atom stereocenters. The number of nitrogens with zero attached hydrogens (tertiary/aromatic N) is 3. The highest BCUT2D eigenvalue weighted by atomic mass is 16.2. The average Bonchev–Trinajstić information content (AvgIpc) is 2.15. The molecule has 0 aromatic rings. The van der Waals surface area contributed by atoms with Gasteiger partial charge < -0.3 is 14.7 Å². The van der Waals surface area contributed by atoms with Gasteiger partial charge in [0.15, 0.2) is 0 Å². The van der Waals surface area contributed by atoms with Gasteiger partial charge in [-0.05, 0) is 13.8 Å². The largest absolute Gasteiger partial charge is 0.339 e. The van der Waals surface area contributed by atoms with Crippen molar-refractivity contribution in [3.8, 4) is 0 Å². The summed E-state index contributed by atoms with van der Waals surface area (Å²) >= 11 is 0. The summed E-state index contributed by atoms with van der Waals surface area (Å²) in [5.74, 6) is 0.0793. The standard InChI is InChI=1S/C11H21N3O2/c1-8-6-13(10(3)15)7-9(2)14(8)11(16)12(4)5/h8-9H,6-7H2,1-5H3/t8-,9-/m1/s1. The Balaban J connectivity index is 2.76. The number of piperazine rings is 1. The van der Waals surface area contributed by atoms with E-state index in [0.29, 0.717) is 13.1 Å². The van der Waals surface area contributed by atoms with E-state index in [0.717, 1.165) is 0 Å². The monoisotopic (exact) mass is 227 g/mol. The second-order valence-corrected chi connectivity index (χ2v) is 4.71. The van der Waals surface area contributed by atoms with Crippen LogP contribution >= 0.6 is 0 Å². The minimum Gasteiger partial charge on any atom is -0.339 e. The van der Waals surface area contributed by atoms with E-state index in [9.17, 15) is 9.59 Å². The fourth-order valence-corrected chi connectivity index (χ4v) is 2.19. The van der Waals surface area contributed by atoms with Gasteiger partial charge in [0.1, 0.15) is 0 Å². The van der Waals surface area contributed by atoms with Crippen LogP contribution in [0.1, 0.15) is 20.8 Å². The number of amides is 3. The molecule has 3 amide bonds. The third-order valence-corrected chi connectivity index (χ3v) is 2.97. The number of carbonyl (C=O) groups excluding carboxylic acids is 2. The molecule has 0 aromatic heterocycles. The third-order valence-electron chi connectivity index (χ3n) is 2.97. The molecule has 1 aliphatic rings. The van der Waals surface area contributed by atoms with E-state index >= 15 is 0 Å². The minimum absolute atomic E-state index is 0.0169. The predicted octanol–water partition coefficient (Wildman–Crippen LogP) is 0.609. The third kappa shape index (κ3) is 2.46. The molecule has 5 nitrogen and oxygen atoms in total. The first kappa shape index (κ1) is 12.8. The fraction of sp³-hybridized carbons (Fsp3) is 0.818. The lowest BCUT2D eigenvalue weighted by Gasteiger charge is -2.44. The van der Waals surface area contributed by atoms with E-state index in [1.807, 2.05) is 18.7 Å². The molecule has 5 heteroatoms. The maximum atomic E-state index is 11.9. The highest BCUT2D eigenvalue weighted by molar-refractivity contribution is 5.76. The van der Waals surface area contributed by atoms with Crippen LogP contribution in [0, 0.1) is 0 Å². The first-order chi connectivity index (χ1) is 7.34. The van der Waals surface area contributed by atoms with Gasteiger partial charge in [0.05, 0.1) is 0 Å². The number of hydrogen-bond donors (Lipinski definition) is 0. The summed E-state index contributed by atoms with van der Waals surface area (Å²) in [7, 11) is 3.50. The molecule has 1 aliphatic heterocycles. The first-order valence-corrected chi connectivity index (χ1v) is 5.59. The molecule has 0 spiro atoms. The summed E-state index contributed by atoms with van der Waals surface area (Å²) in [6, 6.07) is 0.160. The van der Waals surface area contributed by atoms with Gasteiger partial charge in [0, 0.05) is 46.2 Å². The van der Waals surface area contributed by atoms with Crippen molar-refractivity contribution in [1.82, 2.24) is 14.7 Å². The van der Waals surface area contributed by atoms with E-state index in [2.05, 4.69) is 0 Å². The van der Waals surface area contributed by atoms with Gasteiger partial charge in [-0.3, -0.25) is 4.79 Å². The Morgan fingerprint density at radius 3 is 1.88 bits per heavy atom. The zero-order valence-electron chi connectivity index (χ0n) is 10.7. The Morgan fingerprint density at radius 1 is 1.12 bits per heavy atom. The molecule has 16 heavy (non-hydrogen) atoms. The quantitative estimate of drug-likeness (QED) is 0.608. The number of carbonyl (C=O) groups is 2. The summed E-state index contributed by atoms with van der Waals surface area (Å²) in [5, 5.41) is 0. The highest BCUT2D eigenvalue weighted by Gasteiger charge is 2.34. The van der Waals surface area contributed by atoms with Gasteiger partial charge in [-0.15, -0.1) is 0 Å². The maximum Gasteiger partial charge on any atom is 0.320 e. The molecule has 2 atom stereocenters. The van der Waals surface area contributed by atoms with Gasteiger partial charge in [-0.2, -0.15) is 0 Å². The lowest BCUT2D eigenvalue weighted by atomic mass is 10.1. The topological polar surface area (TPSA) is 43.9 Å². The minimum atomic E-state index is 0.0169. The van der Waals surface area contributed by atoms with Gasteiger partial charge >= 0.3 is 6.03 Å². The summed E-state index contributed by atoms with van der Waals surface area (Å²) in [6.07, 6.45) is 0. The van der Waals surface area contributed by atoms with Crippen molar-refractivity contribution in [2.75, 3.05) is 27.2 Å². The lowest BCUT2D eigenvalue weighted by molar-refractivity contribution is -0.132. The summed E-state index contributed by atoms with van der Waals surface area (Å²) < 4.78 is 0. The van der Waals surface area contributed by atoms with Crippen molar-refractivity contribution in [2.45, 2.75) is 32.9 Å². The van der Waals surface area contributed by atoms with Crippen LogP contribution in [0.15, 0.2) is 0 Å². The number of urea groups is 1. The molecule has 0 saturated carbocycles. The van der Waals surface area contributed by atoms with E-state index in [1.165, 1.54) is 0 Å². The van der Waals surface area contributed by atoms with Crippen LogP contribution in [0.2, 0.25) is 0 Å². The summed E-state index contributed by atoms with van der Waals surface area (Å²) in [4.78, 5) is 28.5. The van der Waals surface area contributed by atoms with Crippen molar-refractivity contribution in [3.05, 3.63) is 0 Å². The smallest absolute Gasteiger partial charge is 0.320 e. The molecular formula is C11H21N3O2. The van der Waals surface area contributed by atoms with E-state index < -0.39 is 0 Å². The van der Waals surface area contributed by atoms with Crippen molar-refractivity contribution >= 4 is 11.9 Å². The van der Waals surface area contributed by atoms with Gasteiger partial charge in [0.2, 0.25) is 5.91 Å². The number of hydrogen-bond acceptors (Lipinski definition) is 2. The van der Waals surface area contributed by atoms with Crippen LogP contribution in [0.25, 0.3) is 0 Å². The van der Waals surface area contributed by atoms with Gasteiger partial charge in [-0.25, -0.2) is 4.79 Å². The van der Waals surface area contributed by atoms with Crippen molar-refractivity contribution in [2.24, 2.45) is 0 Å². The first-order valence-electron chi connectivity index (χ1n) is 5.59. The Hall–Kier alpha value is -1.26. The Morgan fingerprint density at radius 2 is 1.56 bits per heavy atom. The zero-order chi connectivity index (χ0) is 12.5. The maximum absolute atomic E-state index is 11.9. The molecule has 1 saturated heterocycles. The molecule has 0 aromatic carbocycles. The van der Waals surface area contributed by atoms with E-state index in [4.69, 9.17) is 0 Å². The molecule has 0 N–H and O–H groups in total. The van der Waals surface area contributed by atoms with Crippen LogP contribution in [0.3, 0.4) is 0 Å². The van der Waals surface area contributed by atoms with E-state index in [1.54, 1.807) is 30.8 Å². The Bertz CT molecular complexity index is 279. The molecule has 1 fully saturated rings. The van der Waals surface area contributed by atoms with Gasteiger partial charge in [-0.1, -0.05) is 0 Å². The van der Waals surface area contributed by atoms with Crippen LogP contribution in [-0.2, 0) is 4.79 Å². The van der Waals surface area contributed by atoms with E-state index in [-0.39, 0.29) is 24.0 Å². The Labute approximate surface area is 97.0 Å². The fourth-order valence-electron chi connectivity index (χ4n) is 2.19. The van der Waals surface area contributed by atoms with Crippen LogP contribution < -0.4 is 0 Å². The molecule has 0 bridgehead atoms. The zero-order valence-corrected chi connectivity index (χ0v) is 10.7. The second-order valence-electron chi connectivity index (χ2n) is 4.71. The molecule has 92 valence electrons. The van der Waals surface area contributed by atoms with Crippen LogP contribution in [-0.4, -0.2) is 65.9 Å². The SMILES string of the molecule is CC(=O)N1C[C@@H](C)N(C(=O)N(C)C)[C@H](C)C1. The Kier molecular flexibility index (Phi) is 3.78. The normalized spacial score (nSPS) is 25.6. The predicted molar refractivity (Wildman–Crippen MR) is 62.1 cm³/mol. The van der Waals surface area contributed by atoms with Crippen molar-refractivity contribution < 1.29 is 9.59 Å². The van der Waals surface area contributed by atoms with Crippen molar-refractivity contribution in [3.63, 3.8) is 0 Å². The lowest BCUT2D eigenvalue weighted by Crippen LogP contribution is -2.61. The second kappa shape index (κ2) is 4.72. The number of rotatable bonds is 0. The molecule has 0 radical (unpaired) electrons. The molecule has 1 rings (SSSR count). The molecule has 0 aliphatic carbocycles. The highest BCUT2D eigenvalue weighted by Crippen LogP contribution is 2.17. The van der Waals surface area contributed by atoms with Crippen LogP contribution in [0.4, 0.5) is 4.79 Å². The average molecular weight is 227 g/mol. The molecule has 1 heterocycles. The van der Waals surface area contributed by atoms with Crippen molar-refractivity contribution in [1.29, 1.82) is 0 Å². The summed E-state index contributed by atoms with van der Waals surface area (Å²) in [6.45, 7) is 6.78. The summed E-state index contributed by atoms with van der Waals surface area (Å²) in [5.41, 5.74) is 0. The van der Waals surface area contributed by atoms with Gasteiger partial charge in [0.25, 0.3) is 0 Å². The van der Waals surface area contributed by atoms with Crippen LogP contribution in [0.5, 0.6) is 0 Å². The molecular weight excluding hydrogens is 206 g/mol.